The Morgan fingerprint density at radius 3 is 2.36 bits per heavy atom. The number of hydrogen-bond acceptors (Lipinski definition) is 4. The molecule has 0 spiro atoms. The van der Waals surface area contributed by atoms with Crippen LogP contribution < -0.4 is 5.32 Å². The highest BCUT2D eigenvalue weighted by atomic mass is 35.5. The lowest BCUT2D eigenvalue weighted by molar-refractivity contribution is -0.117. The standard InChI is InChI=1S/C21H26ClN3O2S/c1-4-13-24(14-18-11-12-19(22)28-18)15-20(26)23-17-9-7-16(8-10-17)21(27)25(5-2)6-3/h4,7-12H,1,5-6,13-15H2,2-3H3,(H,23,26). The highest BCUT2D eigenvalue weighted by molar-refractivity contribution is 7.16. The average Bonchev–Trinajstić information content (AvgIpc) is 3.08. The summed E-state index contributed by atoms with van der Waals surface area (Å²) >= 11 is 7.49. The Morgan fingerprint density at radius 1 is 1.14 bits per heavy atom. The fraction of sp³-hybridized carbons (Fsp3) is 0.333. The summed E-state index contributed by atoms with van der Waals surface area (Å²) < 4.78 is 0.734. The van der Waals surface area contributed by atoms with Crippen molar-refractivity contribution in [3.63, 3.8) is 0 Å². The minimum atomic E-state index is -0.118. The molecule has 0 aliphatic carbocycles. The van der Waals surface area contributed by atoms with Crippen molar-refractivity contribution in [3.05, 3.63) is 63.8 Å². The third-order valence-corrected chi connectivity index (χ3v) is 5.44. The molecule has 0 aliphatic rings. The maximum atomic E-state index is 12.4. The monoisotopic (exact) mass is 419 g/mol. The van der Waals surface area contributed by atoms with Crippen LogP contribution >= 0.6 is 22.9 Å². The number of amides is 2. The third-order valence-electron chi connectivity index (χ3n) is 4.23. The summed E-state index contributed by atoms with van der Waals surface area (Å²) in [5.74, 6) is -0.123. The van der Waals surface area contributed by atoms with Gasteiger partial charge in [-0.25, -0.2) is 0 Å². The molecule has 7 heteroatoms. The molecule has 1 aromatic carbocycles. The second-order valence-corrected chi connectivity index (χ2v) is 8.07. The molecular weight excluding hydrogens is 394 g/mol. The predicted octanol–water partition coefficient (Wildman–Crippen LogP) is 4.51. The number of benzene rings is 1. The minimum Gasteiger partial charge on any atom is -0.339 e. The highest BCUT2D eigenvalue weighted by Crippen LogP contribution is 2.22. The fourth-order valence-electron chi connectivity index (χ4n) is 2.82. The van der Waals surface area contributed by atoms with E-state index in [1.807, 2.05) is 30.9 Å². The lowest BCUT2D eigenvalue weighted by Gasteiger charge is -2.20. The van der Waals surface area contributed by atoms with E-state index in [4.69, 9.17) is 11.6 Å². The number of nitrogens with zero attached hydrogens (tertiary/aromatic N) is 2. The zero-order valence-electron chi connectivity index (χ0n) is 16.3. The lowest BCUT2D eigenvalue weighted by Crippen LogP contribution is -2.33. The maximum absolute atomic E-state index is 12.4. The van der Waals surface area contributed by atoms with Gasteiger partial charge in [0.2, 0.25) is 5.91 Å². The van der Waals surface area contributed by atoms with Crippen LogP contribution in [0.2, 0.25) is 4.34 Å². The molecule has 0 atom stereocenters. The zero-order valence-corrected chi connectivity index (χ0v) is 17.9. The van der Waals surface area contributed by atoms with Crippen molar-refractivity contribution in [2.24, 2.45) is 0 Å². The molecule has 2 aromatic rings. The summed E-state index contributed by atoms with van der Waals surface area (Å²) in [5, 5.41) is 2.88. The van der Waals surface area contributed by atoms with Crippen LogP contribution in [0.1, 0.15) is 29.1 Å². The van der Waals surface area contributed by atoms with Gasteiger partial charge < -0.3 is 10.2 Å². The number of anilines is 1. The maximum Gasteiger partial charge on any atom is 0.253 e. The molecule has 5 nitrogen and oxygen atoms in total. The van der Waals surface area contributed by atoms with Crippen molar-refractivity contribution in [2.75, 3.05) is 31.5 Å². The van der Waals surface area contributed by atoms with Gasteiger partial charge in [-0.3, -0.25) is 14.5 Å². The van der Waals surface area contributed by atoms with Gasteiger partial charge in [-0.1, -0.05) is 17.7 Å². The molecule has 0 unspecified atom stereocenters. The van der Waals surface area contributed by atoms with Gasteiger partial charge in [-0.05, 0) is 50.2 Å². The number of thiophene rings is 1. The third kappa shape index (κ3) is 6.48. The van der Waals surface area contributed by atoms with E-state index in [-0.39, 0.29) is 18.4 Å². The predicted molar refractivity (Wildman–Crippen MR) is 117 cm³/mol. The van der Waals surface area contributed by atoms with Crippen LogP contribution in [0.15, 0.2) is 49.1 Å². The van der Waals surface area contributed by atoms with E-state index in [1.54, 1.807) is 35.2 Å². The van der Waals surface area contributed by atoms with Gasteiger partial charge in [0.15, 0.2) is 0 Å². The zero-order chi connectivity index (χ0) is 20.5. The fourth-order valence-corrected chi connectivity index (χ4v) is 3.95. The summed E-state index contributed by atoms with van der Waals surface area (Å²) in [7, 11) is 0. The van der Waals surface area contributed by atoms with E-state index < -0.39 is 0 Å². The van der Waals surface area contributed by atoms with Crippen LogP contribution in [-0.2, 0) is 11.3 Å². The van der Waals surface area contributed by atoms with Crippen LogP contribution in [0.4, 0.5) is 5.69 Å². The van der Waals surface area contributed by atoms with E-state index in [1.165, 1.54) is 11.3 Å². The Hall–Kier alpha value is -2.15. The quantitative estimate of drug-likeness (QED) is 0.576. The van der Waals surface area contributed by atoms with E-state index in [0.29, 0.717) is 37.4 Å². The molecule has 28 heavy (non-hydrogen) atoms. The molecule has 2 amide bonds. The van der Waals surface area contributed by atoms with Crippen molar-refractivity contribution in [1.29, 1.82) is 0 Å². The molecule has 0 saturated heterocycles. The normalized spacial score (nSPS) is 10.7. The second-order valence-electron chi connectivity index (χ2n) is 6.27. The van der Waals surface area contributed by atoms with Crippen LogP contribution in [0, 0.1) is 0 Å². The number of nitrogens with one attached hydrogen (secondary N) is 1. The highest BCUT2D eigenvalue weighted by Gasteiger charge is 2.14. The van der Waals surface area contributed by atoms with Gasteiger partial charge in [0.25, 0.3) is 5.91 Å². The minimum absolute atomic E-state index is 0.00496. The Bertz CT molecular complexity index is 800. The number of halogens is 1. The Morgan fingerprint density at radius 2 is 1.82 bits per heavy atom. The summed E-state index contributed by atoms with van der Waals surface area (Å²) in [6.45, 7) is 10.5. The van der Waals surface area contributed by atoms with E-state index in [0.717, 1.165) is 9.21 Å². The largest absolute Gasteiger partial charge is 0.339 e. The van der Waals surface area contributed by atoms with Gasteiger partial charge in [-0.15, -0.1) is 17.9 Å². The number of hydrogen-bond donors (Lipinski definition) is 1. The van der Waals surface area contributed by atoms with Gasteiger partial charge in [0, 0.05) is 42.3 Å². The van der Waals surface area contributed by atoms with Crippen molar-refractivity contribution < 1.29 is 9.59 Å². The molecule has 0 saturated carbocycles. The van der Waals surface area contributed by atoms with Gasteiger partial charge in [0.05, 0.1) is 10.9 Å². The first-order valence-electron chi connectivity index (χ1n) is 9.23. The molecule has 0 aliphatic heterocycles. The number of carbonyl (C=O) groups excluding carboxylic acids is 2. The van der Waals surface area contributed by atoms with Crippen molar-refractivity contribution in [1.82, 2.24) is 9.80 Å². The Kier molecular flexibility index (Phi) is 8.70. The molecule has 0 radical (unpaired) electrons. The van der Waals surface area contributed by atoms with Crippen molar-refractivity contribution in [3.8, 4) is 0 Å². The summed E-state index contributed by atoms with van der Waals surface area (Å²) in [4.78, 5) is 29.6. The Balaban J connectivity index is 1.95. The molecule has 2 rings (SSSR count). The molecular formula is C21H26ClN3O2S. The molecule has 1 N–H and O–H groups in total. The number of carbonyl (C=O) groups is 2. The summed E-state index contributed by atoms with van der Waals surface area (Å²) in [6, 6.07) is 10.8. The van der Waals surface area contributed by atoms with E-state index >= 15 is 0 Å². The second kappa shape index (κ2) is 11.0. The smallest absolute Gasteiger partial charge is 0.253 e. The van der Waals surface area contributed by atoms with Crippen LogP contribution in [0.5, 0.6) is 0 Å². The van der Waals surface area contributed by atoms with E-state index in [2.05, 4.69) is 11.9 Å². The van der Waals surface area contributed by atoms with Crippen molar-refractivity contribution in [2.45, 2.75) is 20.4 Å². The Labute approximate surface area is 175 Å². The first-order valence-corrected chi connectivity index (χ1v) is 10.4. The van der Waals surface area contributed by atoms with Crippen molar-refractivity contribution >= 4 is 40.4 Å². The van der Waals surface area contributed by atoms with Gasteiger partial charge in [-0.2, -0.15) is 0 Å². The molecule has 1 heterocycles. The van der Waals surface area contributed by atoms with Crippen LogP contribution in [-0.4, -0.2) is 47.8 Å². The SMILES string of the molecule is C=CCN(CC(=O)Nc1ccc(C(=O)N(CC)CC)cc1)Cc1ccc(Cl)s1. The topological polar surface area (TPSA) is 52.7 Å². The lowest BCUT2D eigenvalue weighted by atomic mass is 10.1. The van der Waals surface area contributed by atoms with E-state index in [9.17, 15) is 9.59 Å². The van der Waals surface area contributed by atoms with Gasteiger partial charge >= 0.3 is 0 Å². The molecule has 0 bridgehead atoms. The van der Waals surface area contributed by atoms with Crippen LogP contribution in [0.25, 0.3) is 0 Å². The summed E-state index contributed by atoms with van der Waals surface area (Å²) in [5.41, 5.74) is 1.28. The molecule has 0 fully saturated rings. The average molecular weight is 420 g/mol. The first kappa shape index (κ1) is 22.1. The molecule has 1 aromatic heterocycles. The first-order chi connectivity index (χ1) is 13.5. The van der Waals surface area contributed by atoms with Gasteiger partial charge in [0.1, 0.15) is 0 Å². The van der Waals surface area contributed by atoms with Crippen LogP contribution in [0.3, 0.4) is 0 Å². The number of rotatable bonds is 10. The molecule has 150 valence electrons. The summed E-state index contributed by atoms with van der Waals surface area (Å²) in [6.07, 6.45) is 1.77.